The molecule has 3 aliphatic carbocycles. The molecule has 10 nitrogen and oxygen atoms in total. The number of aliphatic hydroxyl groups is 1. The predicted octanol–water partition coefficient (Wildman–Crippen LogP) is 1.01. The van der Waals surface area contributed by atoms with Crippen LogP contribution in [-0.2, 0) is 32.1 Å². The standard InChI is InChI=1S/C31H35N3O7/c1-33(2)24-20-13-18-12-17-11-16-7-6-15(14-34-8-4-3-5-9-34)10-19(16)25(35)21(17)26(36)22(18)28(38)31(20,41)29(39)23(27(24)37)30(32)40/h6-7,10-11,18,20,22-24,35,41H,3-5,8-9,12-14H2,1-2H3,(H2,32,40). The fourth-order valence-corrected chi connectivity index (χ4v) is 7.89. The molecule has 2 aromatic rings. The molecule has 6 atom stereocenters. The second-order valence-electron chi connectivity index (χ2n) is 12.4. The summed E-state index contributed by atoms with van der Waals surface area (Å²) in [6, 6.07) is 6.58. The Labute approximate surface area is 237 Å². The van der Waals surface area contributed by atoms with Gasteiger partial charge in [-0.05, 0) is 81.4 Å². The number of fused-ring (bicyclic) bond motifs is 4. The molecule has 6 unspecified atom stereocenters. The number of nitrogens with zero attached hydrogens (tertiary/aromatic N) is 2. The van der Waals surface area contributed by atoms with Gasteiger partial charge in [-0.15, -0.1) is 0 Å². The van der Waals surface area contributed by atoms with Crippen LogP contribution in [-0.4, -0.2) is 87.9 Å². The molecular formula is C31H35N3O7. The molecule has 1 heterocycles. The summed E-state index contributed by atoms with van der Waals surface area (Å²) in [6.45, 7) is 2.75. The highest BCUT2D eigenvalue weighted by molar-refractivity contribution is 6.32. The Morgan fingerprint density at radius 1 is 1.07 bits per heavy atom. The number of phenolic OH excluding ortho intramolecular Hbond substituents is 1. The number of hydrogen-bond acceptors (Lipinski definition) is 9. The molecule has 1 aliphatic heterocycles. The lowest BCUT2D eigenvalue weighted by Gasteiger charge is -2.52. The molecular weight excluding hydrogens is 526 g/mol. The van der Waals surface area contributed by atoms with Crippen LogP contribution in [0.5, 0.6) is 5.75 Å². The van der Waals surface area contributed by atoms with Crippen molar-refractivity contribution < 1.29 is 34.2 Å². The first-order valence-corrected chi connectivity index (χ1v) is 14.3. The molecule has 41 heavy (non-hydrogen) atoms. The summed E-state index contributed by atoms with van der Waals surface area (Å²) in [4.78, 5) is 70.5. The number of aromatic hydroxyl groups is 1. The van der Waals surface area contributed by atoms with Crippen LogP contribution in [0.2, 0.25) is 0 Å². The fourth-order valence-electron chi connectivity index (χ4n) is 7.89. The minimum Gasteiger partial charge on any atom is -0.507 e. The van der Waals surface area contributed by atoms with Crippen molar-refractivity contribution in [2.45, 2.75) is 50.3 Å². The fraction of sp³-hybridized carbons (Fsp3) is 0.516. The highest BCUT2D eigenvalue weighted by Crippen LogP contribution is 2.51. The van der Waals surface area contributed by atoms with E-state index in [2.05, 4.69) is 4.90 Å². The number of primary amides is 1. The summed E-state index contributed by atoms with van der Waals surface area (Å²) in [5.74, 6) is -10.2. The number of amides is 1. The number of Topliss-reactive ketones (excluding diaryl/α,β-unsaturated/α-hetero) is 4. The molecule has 2 saturated carbocycles. The summed E-state index contributed by atoms with van der Waals surface area (Å²) in [5, 5.41) is 24.4. The molecule has 0 bridgehead atoms. The smallest absolute Gasteiger partial charge is 0.235 e. The Morgan fingerprint density at radius 2 is 1.78 bits per heavy atom. The number of nitrogens with two attached hydrogens (primary N) is 1. The van der Waals surface area contributed by atoms with Gasteiger partial charge in [0.15, 0.2) is 34.7 Å². The average molecular weight is 562 g/mol. The van der Waals surface area contributed by atoms with E-state index < -0.39 is 64.4 Å². The summed E-state index contributed by atoms with van der Waals surface area (Å²) in [6.07, 6.45) is 3.82. The molecule has 1 saturated heterocycles. The molecule has 0 aromatic heterocycles. The average Bonchev–Trinajstić information content (AvgIpc) is 2.91. The van der Waals surface area contributed by atoms with Crippen LogP contribution in [0.25, 0.3) is 10.8 Å². The zero-order valence-electron chi connectivity index (χ0n) is 23.3. The molecule has 6 rings (SSSR count). The Hall–Kier alpha value is -3.47. The van der Waals surface area contributed by atoms with Gasteiger partial charge in [-0.1, -0.05) is 24.6 Å². The van der Waals surface area contributed by atoms with E-state index in [0.29, 0.717) is 10.9 Å². The van der Waals surface area contributed by atoms with E-state index in [0.717, 1.165) is 43.4 Å². The van der Waals surface area contributed by atoms with Crippen LogP contribution in [0.1, 0.15) is 47.2 Å². The summed E-state index contributed by atoms with van der Waals surface area (Å²) >= 11 is 0. The molecule has 10 heteroatoms. The van der Waals surface area contributed by atoms with Gasteiger partial charge in [0, 0.05) is 17.8 Å². The van der Waals surface area contributed by atoms with Gasteiger partial charge < -0.3 is 15.9 Å². The summed E-state index contributed by atoms with van der Waals surface area (Å²) < 4.78 is 0. The van der Waals surface area contributed by atoms with Gasteiger partial charge in [0.05, 0.1) is 17.5 Å². The van der Waals surface area contributed by atoms with Crippen LogP contribution >= 0.6 is 0 Å². The molecule has 3 fully saturated rings. The molecule has 4 aliphatic rings. The largest absolute Gasteiger partial charge is 0.507 e. The van der Waals surface area contributed by atoms with Crippen LogP contribution < -0.4 is 5.73 Å². The van der Waals surface area contributed by atoms with Crippen molar-refractivity contribution in [2.75, 3.05) is 27.2 Å². The number of benzene rings is 2. The van der Waals surface area contributed by atoms with Crippen molar-refractivity contribution in [3.8, 4) is 5.75 Å². The highest BCUT2D eigenvalue weighted by atomic mass is 16.3. The third-order valence-corrected chi connectivity index (χ3v) is 9.78. The van der Waals surface area contributed by atoms with Gasteiger partial charge in [0.1, 0.15) is 5.75 Å². The number of carbonyl (C=O) groups is 5. The molecule has 0 radical (unpaired) electrons. The predicted molar refractivity (Wildman–Crippen MR) is 148 cm³/mol. The van der Waals surface area contributed by atoms with Crippen LogP contribution in [0.3, 0.4) is 0 Å². The maximum Gasteiger partial charge on any atom is 0.235 e. The first-order chi connectivity index (χ1) is 19.4. The summed E-state index contributed by atoms with van der Waals surface area (Å²) in [7, 11) is 3.14. The number of phenols is 1. The normalized spacial score (nSPS) is 32.1. The van der Waals surface area contributed by atoms with Crippen molar-refractivity contribution in [2.24, 2.45) is 29.4 Å². The quantitative estimate of drug-likeness (QED) is 0.463. The maximum atomic E-state index is 14.0. The van der Waals surface area contributed by atoms with Gasteiger partial charge in [0.2, 0.25) is 5.91 Å². The van der Waals surface area contributed by atoms with E-state index in [-0.39, 0.29) is 24.2 Å². The maximum absolute atomic E-state index is 14.0. The zero-order valence-corrected chi connectivity index (χ0v) is 23.3. The molecule has 2 aromatic carbocycles. The second-order valence-corrected chi connectivity index (χ2v) is 12.4. The number of hydrogen-bond donors (Lipinski definition) is 3. The van der Waals surface area contributed by atoms with E-state index in [1.165, 1.54) is 11.3 Å². The Kier molecular flexibility index (Phi) is 6.63. The van der Waals surface area contributed by atoms with Crippen LogP contribution in [0.15, 0.2) is 24.3 Å². The minimum absolute atomic E-state index is 0.0271. The second kappa shape index (κ2) is 9.82. The number of rotatable bonds is 4. The SMILES string of the molecule is CN(C)C1C(=O)C(C(N)=O)C(=O)C2(O)C(=O)C3C(=O)c4c(cc5ccc(CN6CCCCC6)cc5c4O)CC3CC12. The third kappa shape index (κ3) is 4.06. The zero-order chi connectivity index (χ0) is 29.4. The number of likely N-dealkylation sites (N-methyl/N-ethyl adjacent to an activating group) is 1. The Morgan fingerprint density at radius 3 is 2.44 bits per heavy atom. The monoisotopic (exact) mass is 561 g/mol. The lowest BCUT2D eigenvalue weighted by atomic mass is 9.52. The topological polar surface area (TPSA) is 158 Å². The lowest BCUT2D eigenvalue weighted by Crippen LogP contribution is -2.74. The molecule has 216 valence electrons. The van der Waals surface area contributed by atoms with Crippen LogP contribution in [0.4, 0.5) is 0 Å². The van der Waals surface area contributed by atoms with Gasteiger partial charge >= 0.3 is 0 Å². The number of carbonyl (C=O) groups excluding carboxylic acids is 5. The highest BCUT2D eigenvalue weighted by Gasteiger charge is 2.69. The van der Waals surface area contributed by atoms with Crippen molar-refractivity contribution in [1.82, 2.24) is 9.80 Å². The van der Waals surface area contributed by atoms with Gasteiger partial charge in [0.25, 0.3) is 0 Å². The van der Waals surface area contributed by atoms with E-state index >= 15 is 0 Å². The van der Waals surface area contributed by atoms with Gasteiger partial charge in [-0.3, -0.25) is 33.8 Å². The van der Waals surface area contributed by atoms with E-state index in [9.17, 15) is 34.2 Å². The van der Waals surface area contributed by atoms with E-state index in [1.54, 1.807) is 14.1 Å². The number of piperidine rings is 1. The van der Waals surface area contributed by atoms with Gasteiger partial charge in [-0.25, -0.2) is 0 Å². The first kappa shape index (κ1) is 27.7. The van der Waals surface area contributed by atoms with Crippen molar-refractivity contribution in [3.05, 3.63) is 41.0 Å². The number of likely N-dealkylation sites (tertiary alicyclic amines) is 1. The summed E-state index contributed by atoms with van der Waals surface area (Å²) in [5.41, 5.74) is 4.28. The minimum atomic E-state index is -2.72. The first-order valence-electron chi connectivity index (χ1n) is 14.3. The van der Waals surface area contributed by atoms with Crippen molar-refractivity contribution in [1.29, 1.82) is 0 Å². The van der Waals surface area contributed by atoms with Crippen LogP contribution in [0, 0.1) is 23.7 Å². The van der Waals surface area contributed by atoms with E-state index in [4.69, 9.17) is 5.73 Å². The van der Waals surface area contributed by atoms with Crippen molar-refractivity contribution >= 4 is 39.8 Å². The molecule has 4 N–H and O–H groups in total. The van der Waals surface area contributed by atoms with Gasteiger partial charge in [-0.2, -0.15) is 0 Å². The van der Waals surface area contributed by atoms with Crippen molar-refractivity contribution in [3.63, 3.8) is 0 Å². The van der Waals surface area contributed by atoms with E-state index in [1.807, 2.05) is 24.3 Å². The Bertz CT molecular complexity index is 1510. The Balaban J connectivity index is 1.41. The lowest BCUT2D eigenvalue weighted by molar-refractivity contribution is -0.181. The third-order valence-electron chi connectivity index (χ3n) is 9.78. The molecule has 0 spiro atoms. The molecule has 1 amide bonds. The number of ketones is 4.